The van der Waals surface area contributed by atoms with E-state index in [4.69, 9.17) is 15.2 Å². The predicted octanol–water partition coefficient (Wildman–Crippen LogP) is 1.79. The van der Waals surface area contributed by atoms with Gasteiger partial charge in [0, 0.05) is 41.8 Å². The molecular formula is C15H19N3O3S. The first-order valence-electron chi connectivity index (χ1n) is 6.96. The van der Waals surface area contributed by atoms with Gasteiger partial charge in [-0.3, -0.25) is 4.90 Å². The standard InChI is InChI=1S/C15H19N3O3S/c1-20-12-3-4-13(21-2)14-10(12)7-18(8-11(14)19)6-9-5-17-15(16)22-9/h3-5,11,19H,6-8H2,1-2H3,(H2,16,17). The van der Waals surface area contributed by atoms with Crippen molar-refractivity contribution in [2.75, 3.05) is 26.5 Å². The minimum absolute atomic E-state index is 0.536. The Bertz CT molecular complexity index is 674. The van der Waals surface area contributed by atoms with E-state index in [1.54, 1.807) is 20.4 Å². The molecule has 3 N–H and O–H groups in total. The van der Waals surface area contributed by atoms with Gasteiger partial charge in [0.25, 0.3) is 0 Å². The number of benzene rings is 1. The van der Waals surface area contributed by atoms with E-state index in [0.717, 1.165) is 21.8 Å². The number of nitrogens with two attached hydrogens (primary N) is 1. The van der Waals surface area contributed by atoms with Crippen molar-refractivity contribution in [1.82, 2.24) is 9.88 Å². The molecule has 2 aromatic rings. The molecule has 1 aromatic heterocycles. The number of hydrogen-bond acceptors (Lipinski definition) is 7. The second kappa shape index (κ2) is 6.12. The van der Waals surface area contributed by atoms with Gasteiger partial charge in [-0.2, -0.15) is 0 Å². The molecule has 118 valence electrons. The van der Waals surface area contributed by atoms with E-state index in [1.165, 1.54) is 11.3 Å². The second-order valence-electron chi connectivity index (χ2n) is 5.21. The highest BCUT2D eigenvalue weighted by Crippen LogP contribution is 2.39. The fraction of sp³-hybridized carbons (Fsp3) is 0.400. The molecular weight excluding hydrogens is 302 g/mol. The first-order valence-corrected chi connectivity index (χ1v) is 7.78. The molecule has 22 heavy (non-hydrogen) atoms. The summed E-state index contributed by atoms with van der Waals surface area (Å²) < 4.78 is 10.8. The van der Waals surface area contributed by atoms with Crippen molar-refractivity contribution in [1.29, 1.82) is 0 Å². The smallest absolute Gasteiger partial charge is 0.180 e. The zero-order chi connectivity index (χ0) is 15.7. The average molecular weight is 321 g/mol. The van der Waals surface area contributed by atoms with Crippen molar-refractivity contribution in [3.8, 4) is 11.5 Å². The Balaban J connectivity index is 1.90. The molecule has 0 saturated carbocycles. The van der Waals surface area contributed by atoms with E-state index in [0.29, 0.717) is 30.5 Å². The molecule has 1 aromatic carbocycles. The summed E-state index contributed by atoms with van der Waals surface area (Å²) in [4.78, 5) is 7.30. The molecule has 2 heterocycles. The number of β-amino-alcohol motifs (C(OH)–C–C–N with tert-alkyl or cyclic N) is 1. The molecule has 1 aliphatic heterocycles. The zero-order valence-corrected chi connectivity index (χ0v) is 13.4. The van der Waals surface area contributed by atoms with Gasteiger partial charge < -0.3 is 20.3 Å². The van der Waals surface area contributed by atoms with Crippen LogP contribution in [-0.2, 0) is 13.1 Å². The van der Waals surface area contributed by atoms with Gasteiger partial charge >= 0.3 is 0 Å². The van der Waals surface area contributed by atoms with Crippen LogP contribution in [0.1, 0.15) is 22.1 Å². The van der Waals surface area contributed by atoms with Crippen LogP contribution < -0.4 is 15.2 Å². The van der Waals surface area contributed by atoms with Crippen LogP contribution in [-0.4, -0.2) is 35.8 Å². The second-order valence-corrected chi connectivity index (χ2v) is 6.36. The Morgan fingerprint density at radius 1 is 1.36 bits per heavy atom. The number of nitrogens with zero attached hydrogens (tertiary/aromatic N) is 2. The van der Waals surface area contributed by atoms with Gasteiger partial charge in [-0.25, -0.2) is 4.98 Å². The summed E-state index contributed by atoms with van der Waals surface area (Å²) >= 11 is 1.47. The lowest BCUT2D eigenvalue weighted by atomic mass is 9.95. The van der Waals surface area contributed by atoms with E-state index >= 15 is 0 Å². The number of aliphatic hydroxyl groups is 1. The van der Waals surface area contributed by atoms with Gasteiger partial charge in [-0.15, -0.1) is 11.3 Å². The molecule has 7 heteroatoms. The minimum Gasteiger partial charge on any atom is -0.496 e. The van der Waals surface area contributed by atoms with E-state index in [2.05, 4.69) is 9.88 Å². The number of nitrogen functional groups attached to an aromatic ring is 1. The normalized spacial score (nSPS) is 18.0. The van der Waals surface area contributed by atoms with Gasteiger partial charge in [0.2, 0.25) is 0 Å². The predicted molar refractivity (Wildman–Crippen MR) is 85.1 cm³/mol. The summed E-state index contributed by atoms with van der Waals surface area (Å²) in [5, 5.41) is 11.1. The molecule has 0 bridgehead atoms. The third-order valence-electron chi connectivity index (χ3n) is 3.81. The Morgan fingerprint density at radius 2 is 2.09 bits per heavy atom. The highest BCUT2D eigenvalue weighted by Gasteiger charge is 2.29. The molecule has 0 spiro atoms. The maximum Gasteiger partial charge on any atom is 0.180 e. The van der Waals surface area contributed by atoms with Gasteiger partial charge in [0.15, 0.2) is 5.13 Å². The molecule has 0 saturated heterocycles. The van der Waals surface area contributed by atoms with Gasteiger partial charge in [0.05, 0.1) is 20.3 Å². The minimum atomic E-state index is -0.612. The Kier molecular flexibility index (Phi) is 4.19. The monoisotopic (exact) mass is 321 g/mol. The SMILES string of the molecule is COc1ccc(OC)c2c1CN(Cc1cnc(N)s1)CC2O. The summed E-state index contributed by atoms with van der Waals surface area (Å²) in [5.41, 5.74) is 7.47. The van der Waals surface area contributed by atoms with Crippen LogP contribution in [0.25, 0.3) is 0 Å². The van der Waals surface area contributed by atoms with Crippen molar-refractivity contribution >= 4 is 16.5 Å². The molecule has 1 atom stereocenters. The summed E-state index contributed by atoms with van der Waals surface area (Å²) in [6, 6.07) is 3.71. The number of hydrogen-bond donors (Lipinski definition) is 2. The number of aromatic nitrogens is 1. The van der Waals surface area contributed by atoms with Gasteiger partial charge in [-0.1, -0.05) is 0 Å². The fourth-order valence-electron chi connectivity index (χ4n) is 2.88. The van der Waals surface area contributed by atoms with E-state index in [9.17, 15) is 5.11 Å². The first-order chi connectivity index (χ1) is 10.6. The summed E-state index contributed by atoms with van der Waals surface area (Å²) in [6.45, 7) is 1.92. The Labute approximate surface area is 133 Å². The number of anilines is 1. The number of fused-ring (bicyclic) bond motifs is 1. The molecule has 0 aliphatic carbocycles. The maximum absolute atomic E-state index is 10.5. The van der Waals surface area contributed by atoms with Gasteiger partial charge in [-0.05, 0) is 12.1 Å². The Morgan fingerprint density at radius 3 is 2.73 bits per heavy atom. The molecule has 6 nitrogen and oxygen atoms in total. The number of methoxy groups -OCH3 is 2. The third-order valence-corrected chi connectivity index (χ3v) is 4.62. The van der Waals surface area contributed by atoms with Crippen LogP contribution in [0.5, 0.6) is 11.5 Å². The molecule has 3 rings (SSSR count). The summed E-state index contributed by atoms with van der Waals surface area (Å²) in [7, 11) is 3.25. The number of ether oxygens (including phenoxy) is 2. The molecule has 0 amide bonds. The van der Waals surface area contributed by atoms with E-state index < -0.39 is 6.10 Å². The fourth-order valence-corrected chi connectivity index (χ4v) is 3.61. The van der Waals surface area contributed by atoms with E-state index in [-0.39, 0.29) is 0 Å². The molecule has 0 fully saturated rings. The van der Waals surface area contributed by atoms with Crippen molar-refractivity contribution in [3.05, 3.63) is 34.3 Å². The number of aliphatic hydroxyl groups excluding tert-OH is 1. The lowest BCUT2D eigenvalue weighted by Gasteiger charge is -2.33. The van der Waals surface area contributed by atoms with Crippen LogP contribution in [0.4, 0.5) is 5.13 Å². The van der Waals surface area contributed by atoms with Crippen LogP contribution in [0.2, 0.25) is 0 Å². The lowest BCUT2D eigenvalue weighted by molar-refractivity contribution is 0.0848. The third kappa shape index (κ3) is 2.75. The highest BCUT2D eigenvalue weighted by atomic mass is 32.1. The highest BCUT2D eigenvalue weighted by molar-refractivity contribution is 7.15. The van der Waals surface area contributed by atoms with Crippen molar-refractivity contribution in [3.63, 3.8) is 0 Å². The molecule has 1 aliphatic rings. The average Bonchev–Trinajstić information content (AvgIpc) is 2.91. The summed E-state index contributed by atoms with van der Waals surface area (Å²) in [5.74, 6) is 1.47. The van der Waals surface area contributed by atoms with Crippen molar-refractivity contribution < 1.29 is 14.6 Å². The van der Waals surface area contributed by atoms with E-state index in [1.807, 2.05) is 12.1 Å². The Hall–Kier alpha value is -1.83. The zero-order valence-electron chi connectivity index (χ0n) is 12.6. The first kappa shape index (κ1) is 15.1. The van der Waals surface area contributed by atoms with Crippen LogP contribution in [0.3, 0.4) is 0 Å². The van der Waals surface area contributed by atoms with Crippen LogP contribution in [0, 0.1) is 0 Å². The van der Waals surface area contributed by atoms with Crippen molar-refractivity contribution in [2.45, 2.75) is 19.2 Å². The van der Waals surface area contributed by atoms with Gasteiger partial charge in [0.1, 0.15) is 11.5 Å². The van der Waals surface area contributed by atoms with Crippen molar-refractivity contribution in [2.24, 2.45) is 0 Å². The maximum atomic E-state index is 10.5. The van der Waals surface area contributed by atoms with Crippen LogP contribution >= 0.6 is 11.3 Å². The van der Waals surface area contributed by atoms with Crippen LogP contribution in [0.15, 0.2) is 18.3 Å². The molecule has 1 unspecified atom stereocenters. The summed E-state index contributed by atoms with van der Waals surface area (Å²) in [6.07, 6.45) is 1.17. The quantitative estimate of drug-likeness (QED) is 0.893. The molecule has 0 radical (unpaired) electrons. The largest absolute Gasteiger partial charge is 0.496 e. The number of thiazole rings is 1. The number of rotatable bonds is 4. The topological polar surface area (TPSA) is 80.8 Å². The lowest BCUT2D eigenvalue weighted by Crippen LogP contribution is -2.33.